The maximum Gasteiger partial charge on any atom is 0.300 e. The van der Waals surface area contributed by atoms with Gasteiger partial charge in [-0.2, -0.15) is 0 Å². The summed E-state index contributed by atoms with van der Waals surface area (Å²) in [5.41, 5.74) is 6.64. The Kier molecular flexibility index (Phi) is 29.7. The molecule has 1 rings (SSSR count). The van der Waals surface area contributed by atoms with E-state index in [9.17, 15) is 0 Å². The second kappa shape index (κ2) is 25.3. The highest BCUT2D eigenvalue weighted by atomic mass is 16.4. The molecule has 0 aliphatic rings. The van der Waals surface area contributed by atoms with Crippen LogP contribution in [0.1, 0.15) is 33.3 Å². The van der Waals surface area contributed by atoms with E-state index in [4.69, 9.17) is 45.3 Å². The van der Waals surface area contributed by atoms with Crippen LogP contribution in [0.5, 0.6) is 0 Å². The number of carbonyl (C=O) groups is 4. The Balaban J connectivity index is -0.000000139. The summed E-state index contributed by atoms with van der Waals surface area (Å²) >= 11 is 0. The van der Waals surface area contributed by atoms with Crippen molar-refractivity contribution in [2.45, 2.75) is 34.2 Å². The SMILES string of the molecule is CC(=O)O.CC(=O)O.CC(=O)O.CC(=O)O.NCCNCc1ccccc1. The molecule has 0 heterocycles. The van der Waals surface area contributed by atoms with Crippen molar-refractivity contribution < 1.29 is 39.6 Å². The van der Waals surface area contributed by atoms with Crippen molar-refractivity contribution in [3.05, 3.63) is 35.9 Å². The number of hydrogen-bond donors (Lipinski definition) is 6. The Morgan fingerprint density at radius 2 is 1.07 bits per heavy atom. The summed E-state index contributed by atoms with van der Waals surface area (Å²) in [5.74, 6) is -3.33. The average molecular weight is 390 g/mol. The molecule has 0 amide bonds. The Hall–Kier alpha value is -2.98. The van der Waals surface area contributed by atoms with Crippen molar-refractivity contribution >= 4 is 23.9 Å². The molecule has 0 radical (unpaired) electrons. The van der Waals surface area contributed by atoms with Gasteiger partial charge in [-0.05, 0) is 5.56 Å². The molecule has 27 heavy (non-hydrogen) atoms. The molecule has 0 spiro atoms. The Morgan fingerprint density at radius 3 is 1.33 bits per heavy atom. The molecule has 156 valence electrons. The Morgan fingerprint density at radius 1 is 0.778 bits per heavy atom. The lowest BCUT2D eigenvalue weighted by atomic mass is 10.2. The molecule has 0 aromatic heterocycles. The molecule has 0 atom stereocenters. The molecule has 0 bridgehead atoms. The van der Waals surface area contributed by atoms with E-state index < -0.39 is 23.9 Å². The van der Waals surface area contributed by atoms with Crippen LogP contribution >= 0.6 is 0 Å². The van der Waals surface area contributed by atoms with E-state index >= 15 is 0 Å². The third-order valence-electron chi connectivity index (χ3n) is 1.49. The third-order valence-corrected chi connectivity index (χ3v) is 1.49. The highest BCUT2D eigenvalue weighted by Gasteiger charge is 1.87. The lowest BCUT2D eigenvalue weighted by Gasteiger charge is -2.01. The van der Waals surface area contributed by atoms with Gasteiger partial charge in [0.15, 0.2) is 0 Å². The largest absolute Gasteiger partial charge is 0.481 e. The molecular weight excluding hydrogens is 360 g/mol. The van der Waals surface area contributed by atoms with Crippen LogP contribution in [-0.2, 0) is 25.7 Å². The van der Waals surface area contributed by atoms with Gasteiger partial charge in [0.2, 0.25) is 0 Å². The van der Waals surface area contributed by atoms with E-state index in [1.165, 1.54) is 5.56 Å². The topological polar surface area (TPSA) is 187 Å². The van der Waals surface area contributed by atoms with Gasteiger partial charge < -0.3 is 31.5 Å². The van der Waals surface area contributed by atoms with E-state index in [1.807, 2.05) is 18.2 Å². The molecule has 1 aromatic rings. The molecule has 1 aromatic carbocycles. The minimum atomic E-state index is -0.833. The predicted octanol–water partition coefficient (Wildman–Crippen LogP) is 1.10. The van der Waals surface area contributed by atoms with E-state index in [-0.39, 0.29) is 0 Å². The summed E-state index contributed by atoms with van der Waals surface area (Å²) in [4.78, 5) is 36.0. The normalized spacial score (nSPS) is 7.74. The maximum atomic E-state index is 9.00. The van der Waals surface area contributed by atoms with Crippen molar-refractivity contribution in [2.24, 2.45) is 5.73 Å². The van der Waals surface area contributed by atoms with Gasteiger partial charge in [-0.25, -0.2) is 0 Å². The minimum Gasteiger partial charge on any atom is -0.481 e. The first-order chi connectivity index (χ1) is 12.4. The first kappa shape index (κ1) is 31.8. The Bertz CT molecular complexity index is 443. The van der Waals surface area contributed by atoms with Crippen LogP contribution in [0.3, 0.4) is 0 Å². The zero-order valence-corrected chi connectivity index (χ0v) is 16.0. The minimum absolute atomic E-state index is 0.701. The van der Waals surface area contributed by atoms with Gasteiger partial charge in [0.25, 0.3) is 23.9 Å². The van der Waals surface area contributed by atoms with Crippen LogP contribution in [-0.4, -0.2) is 57.4 Å². The smallest absolute Gasteiger partial charge is 0.300 e. The number of rotatable bonds is 4. The number of aliphatic carboxylic acids is 4. The van der Waals surface area contributed by atoms with E-state index in [2.05, 4.69) is 17.4 Å². The standard InChI is InChI=1S/C9H14N2.4C2H4O2/c10-6-7-11-8-9-4-2-1-3-5-9;4*1-2(3)4/h1-5,11H,6-8,10H2;4*1H3,(H,3,4). The number of nitrogens with two attached hydrogens (primary N) is 1. The van der Waals surface area contributed by atoms with Crippen LogP contribution in [0.15, 0.2) is 30.3 Å². The van der Waals surface area contributed by atoms with Gasteiger partial charge in [0.05, 0.1) is 0 Å². The van der Waals surface area contributed by atoms with Crippen LogP contribution in [0.4, 0.5) is 0 Å². The fourth-order valence-electron chi connectivity index (χ4n) is 0.931. The zero-order valence-electron chi connectivity index (χ0n) is 16.0. The summed E-state index contributed by atoms with van der Waals surface area (Å²) in [7, 11) is 0. The second-order valence-corrected chi connectivity index (χ2v) is 4.53. The molecular formula is C17H30N2O8. The summed E-state index contributed by atoms with van der Waals surface area (Å²) < 4.78 is 0. The van der Waals surface area contributed by atoms with Crippen LogP contribution in [0.25, 0.3) is 0 Å². The van der Waals surface area contributed by atoms with Crippen molar-refractivity contribution in [1.82, 2.24) is 5.32 Å². The molecule has 0 unspecified atom stereocenters. The van der Waals surface area contributed by atoms with Crippen molar-refractivity contribution in [3.63, 3.8) is 0 Å². The first-order valence-corrected chi connectivity index (χ1v) is 7.59. The van der Waals surface area contributed by atoms with Crippen molar-refractivity contribution in [3.8, 4) is 0 Å². The van der Waals surface area contributed by atoms with Crippen LogP contribution in [0, 0.1) is 0 Å². The highest BCUT2D eigenvalue weighted by molar-refractivity contribution is 5.63. The quantitative estimate of drug-likeness (QED) is 0.406. The zero-order chi connectivity index (χ0) is 22.3. The summed E-state index contributed by atoms with van der Waals surface area (Å²) in [6, 6.07) is 10.3. The number of nitrogens with one attached hydrogen (secondary N) is 1. The summed E-state index contributed by atoms with van der Waals surface area (Å²) in [6.45, 7) is 6.83. The monoisotopic (exact) mass is 390 g/mol. The molecule has 10 nitrogen and oxygen atoms in total. The lowest BCUT2D eigenvalue weighted by Crippen LogP contribution is -2.21. The second-order valence-electron chi connectivity index (χ2n) is 4.53. The molecule has 0 saturated heterocycles. The summed E-state index contributed by atoms with van der Waals surface area (Å²) in [5, 5.41) is 32.9. The number of hydrogen-bond acceptors (Lipinski definition) is 6. The highest BCUT2D eigenvalue weighted by Crippen LogP contribution is 1.96. The maximum absolute atomic E-state index is 9.00. The first-order valence-electron chi connectivity index (χ1n) is 7.59. The van der Waals surface area contributed by atoms with Gasteiger partial charge in [0, 0.05) is 47.3 Å². The van der Waals surface area contributed by atoms with Crippen molar-refractivity contribution in [2.75, 3.05) is 13.1 Å². The number of carboxylic acid groups (broad SMARTS) is 4. The van der Waals surface area contributed by atoms with E-state index in [1.54, 1.807) is 0 Å². The summed E-state index contributed by atoms with van der Waals surface area (Å²) in [6.07, 6.45) is 0. The Labute approximate surface area is 158 Å². The van der Waals surface area contributed by atoms with Gasteiger partial charge >= 0.3 is 0 Å². The van der Waals surface area contributed by atoms with E-state index in [0.717, 1.165) is 40.8 Å². The average Bonchev–Trinajstić information content (AvgIpc) is 2.46. The molecule has 7 N–H and O–H groups in total. The molecule has 0 aliphatic heterocycles. The van der Waals surface area contributed by atoms with Crippen LogP contribution < -0.4 is 11.1 Å². The molecule has 0 fully saturated rings. The van der Waals surface area contributed by atoms with Gasteiger partial charge in [-0.3, -0.25) is 19.2 Å². The van der Waals surface area contributed by atoms with E-state index in [0.29, 0.717) is 6.54 Å². The lowest BCUT2D eigenvalue weighted by molar-refractivity contribution is -0.135. The third kappa shape index (κ3) is 101. The fourth-order valence-corrected chi connectivity index (χ4v) is 0.931. The van der Waals surface area contributed by atoms with Gasteiger partial charge in [-0.15, -0.1) is 0 Å². The molecule has 0 aliphatic carbocycles. The number of carboxylic acids is 4. The van der Waals surface area contributed by atoms with Gasteiger partial charge in [0.1, 0.15) is 0 Å². The predicted molar refractivity (Wildman–Crippen MR) is 100 cm³/mol. The number of benzene rings is 1. The molecule has 10 heteroatoms. The van der Waals surface area contributed by atoms with Gasteiger partial charge in [-0.1, -0.05) is 30.3 Å². The van der Waals surface area contributed by atoms with Crippen molar-refractivity contribution in [1.29, 1.82) is 0 Å². The fraction of sp³-hybridized carbons (Fsp3) is 0.412. The van der Waals surface area contributed by atoms with Crippen LogP contribution in [0.2, 0.25) is 0 Å². The molecule has 0 saturated carbocycles.